The fourth-order valence-corrected chi connectivity index (χ4v) is 3.28. The number of amides is 1. The summed E-state index contributed by atoms with van der Waals surface area (Å²) in [6.45, 7) is 0.715. The van der Waals surface area contributed by atoms with E-state index in [0.717, 1.165) is 11.3 Å². The number of carbonyl (C=O) groups is 1. The van der Waals surface area contributed by atoms with Crippen LogP contribution in [0, 0.1) is 0 Å². The molecule has 1 unspecified atom stereocenters. The maximum Gasteiger partial charge on any atom is 0.257 e. The van der Waals surface area contributed by atoms with Crippen molar-refractivity contribution in [2.45, 2.75) is 12.3 Å². The second kappa shape index (κ2) is 5.87. The second-order valence-electron chi connectivity index (χ2n) is 6.27. The lowest BCUT2D eigenvalue weighted by atomic mass is 10.1. The normalized spacial score (nSPS) is 18.5. The van der Waals surface area contributed by atoms with Gasteiger partial charge in [-0.2, -0.15) is 4.98 Å². The quantitative estimate of drug-likeness (QED) is 0.723. The summed E-state index contributed by atoms with van der Waals surface area (Å²) < 4.78 is 16.1. The van der Waals surface area contributed by atoms with Crippen molar-refractivity contribution in [3.63, 3.8) is 0 Å². The summed E-state index contributed by atoms with van der Waals surface area (Å²) in [5, 5.41) is 4.09. The third-order valence-electron chi connectivity index (χ3n) is 4.62. The van der Waals surface area contributed by atoms with Crippen molar-refractivity contribution in [3.05, 3.63) is 54.4 Å². The zero-order valence-corrected chi connectivity index (χ0v) is 13.8. The zero-order chi connectivity index (χ0) is 17.5. The highest BCUT2D eigenvalue weighted by Gasteiger charge is 2.35. The molecule has 0 radical (unpaired) electrons. The SMILES string of the molecule is O=C1CC(c2noc(-c3ccccc3)n2)CN1c1ccc2c(c1)OCO2. The van der Waals surface area contributed by atoms with E-state index in [9.17, 15) is 4.79 Å². The molecule has 7 heteroatoms. The average Bonchev–Trinajstić information content (AvgIpc) is 3.41. The van der Waals surface area contributed by atoms with Crippen molar-refractivity contribution in [2.75, 3.05) is 18.2 Å². The number of nitrogens with zero attached hydrogens (tertiary/aromatic N) is 3. The Morgan fingerprint density at radius 2 is 1.88 bits per heavy atom. The first kappa shape index (κ1) is 14.9. The Morgan fingerprint density at radius 3 is 2.77 bits per heavy atom. The molecule has 2 aliphatic heterocycles. The van der Waals surface area contributed by atoms with Gasteiger partial charge in [0, 0.05) is 36.2 Å². The van der Waals surface area contributed by atoms with Crippen LogP contribution in [0.4, 0.5) is 5.69 Å². The van der Waals surface area contributed by atoms with Gasteiger partial charge in [0.05, 0.1) is 0 Å². The molecule has 5 rings (SSSR count). The van der Waals surface area contributed by atoms with Gasteiger partial charge < -0.3 is 18.9 Å². The van der Waals surface area contributed by atoms with Gasteiger partial charge in [-0.3, -0.25) is 4.79 Å². The Kier molecular flexibility index (Phi) is 3.38. The number of benzene rings is 2. The van der Waals surface area contributed by atoms with Crippen LogP contribution < -0.4 is 14.4 Å². The van der Waals surface area contributed by atoms with Crippen molar-refractivity contribution in [1.82, 2.24) is 10.1 Å². The van der Waals surface area contributed by atoms with Gasteiger partial charge in [-0.15, -0.1) is 0 Å². The second-order valence-corrected chi connectivity index (χ2v) is 6.27. The van der Waals surface area contributed by atoms with Crippen LogP contribution in [0.25, 0.3) is 11.5 Å². The Balaban J connectivity index is 1.38. The number of carbonyl (C=O) groups excluding carboxylic acids is 1. The first-order valence-corrected chi connectivity index (χ1v) is 8.37. The summed E-state index contributed by atoms with van der Waals surface area (Å²) in [7, 11) is 0. The Morgan fingerprint density at radius 1 is 1.04 bits per heavy atom. The molecule has 0 saturated carbocycles. The highest BCUT2D eigenvalue weighted by Crippen LogP contribution is 2.38. The molecular formula is C19H15N3O4. The third-order valence-corrected chi connectivity index (χ3v) is 4.62. The summed E-state index contributed by atoms with van der Waals surface area (Å²) >= 11 is 0. The van der Waals surface area contributed by atoms with Crippen LogP contribution in [0.2, 0.25) is 0 Å². The number of ether oxygens (including phenoxy) is 2. The minimum Gasteiger partial charge on any atom is -0.454 e. The maximum absolute atomic E-state index is 12.5. The lowest BCUT2D eigenvalue weighted by Crippen LogP contribution is -2.24. The third kappa shape index (κ3) is 2.48. The molecule has 1 atom stereocenters. The van der Waals surface area contributed by atoms with Gasteiger partial charge in [0.25, 0.3) is 5.89 Å². The topological polar surface area (TPSA) is 77.7 Å². The van der Waals surface area contributed by atoms with Gasteiger partial charge >= 0.3 is 0 Å². The molecule has 3 heterocycles. The number of anilines is 1. The van der Waals surface area contributed by atoms with Crippen LogP contribution in [-0.4, -0.2) is 29.4 Å². The summed E-state index contributed by atoms with van der Waals surface area (Å²) in [4.78, 5) is 18.7. The van der Waals surface area contributed by atoms with Crippen molar-refractivity contribution in [2.24, 2.45) is 0 Å². The fourth-order valence-electron chi connectivity index (χ4n) is 3.28. The van der Waals surface area contributed by atoms with Crippen molar-refractivity contribution < 1.29 is 18.8 Å². The highest BCUT2D eigenvalue weighted by atomic mass is 16.7. The molecule has 0 N–H and O–H groups in total. The number of rotatable bonds is 3. The molecule has 2 aromatic carbocycles. The number of aromatic nitrogens is 2. The van der Waals surface area contributed by atoms with E-state index in [4.69, 9.17) is 14.0 Å². The molecule has 1 fully saturated rings. The molecule has 130 valence electrons. The first-order chi connectivity index (χ1) is 12.8. The Labute approximate surface area is 149 Å². The fraction of sp³-hybridized carbons (Fsp3) is 0.211. The molecule has 1 amide bonds. The summed E-state index contributed by atoms with van der Waals surface area (Å²) in [6, 6.07) is 15.1. The van der Waals surface area contributed by atoms with Gasteiger partial charge in [0.15, 0.2) is 17.3 Å². The number of hydrogen-bond acceptors (Lipinski definition) is 6. The molecule has 2 aliphatic rings. The van der Waals surface area contributed by atoms with Gasteiger partial charge in [-0.1, -0.05) is 23.4 Å². The van der Waals surface area contributed by atoms with Crippen LogP contribution in [-0.2, 0) is 4.79 Å². The molecule has 0 spiro atoms. The van der Waals surface area contributed by atoms with Crippen LogP contribution in [0.15, 0.2) is 53.1 Å². The van der Waals surface area contributed by atoms with E-state index in [2.05, 4.69) is 10.1 Å². The molecular weight excluding hydrogens is 334 g/mol. The summed E-state index contributed by atoms with van der Waals surface area (Å²) in [6.07, 6.45) is 0.349. The number of hydrogen-bond donors (Lipinski definition) is 0. The summed E-state index contributed by atoms with van der Waals surface area (Å²) in [5.74, 6) is 2.30. The van der Waals surface area contributed by atoms with Gasteiger partial charge in [0.1, 0.15) is 0 Å². The van der Waals surface area contributed by atoms with E-state index in [0.29, 0.717) is 36.2 Å². The van der Waals surface area contributed by atoms with E-state index in [-0.39, 0.29) is 18.6 Å². The first-order valence-electron chi connectivity index (χ1n) is 8.37. The minimum atomic E-state index is -0.103. The Bertz CT molecular complexity index is 970. The van der Waals surface area contributed by atoms with E-state index < -0.39 is 0 Å². The van der Waals surface area contributed by atoms with E-state index in [1.54, 1.807) is 4.90 Å². The standard InChI is InChI=1S/C19H15N3O4/c23-17-8-13(18-20-19(26-21-18)12-4-2-1-3-5-12)10-22(17)14-6-7-15-16(9-14)25-11-24-15/h1-7,9,13H,8,10-11H2. The van der Waals surface area contributed by atoms with Gasteiger partial charge in [0.2, 0.25) is 12.7 Å². The molecule has 3 aromatic rings. The lowest BCUT2D eigenvalue weighted by molar-refractivity contribution is -0.117. The van der Waals surface area contributed by atoms with Gasteiger partial charge in [-0.05, 0) is 24.3 Å². The molecule has 1 saturated heterocycles. The maximum atomic E-state index is 12.5. The molecule has 0 aliphatic carbocycles. The van der Waals surface area contributed by atoms with E-state index >= 15 is 0 Å². The highest BCUT2D eigenvalue weighted by molar-refractivity contribution is 5.96. The monoisotopic (exact) mass is 349 g/mol. The Hall–Kier alpha value is -3.35. The smallest absolute Gasteiger partial charge is 0.257 e. The predicted molar refractivity (Wildman–Crippen MR) is 92.0 cm³/mol. The van der Waals surface area contributed by atoms with E-state index in [1.165, 1.54) is 0 Å². The summed E-state index contributed by atoms with van der Waals surface area (Å²) in [5.41, 5.74) is 1.65. The predicted octanol–water partition coefficient (Wildman–Crippen LogP) is 2.99. The lowest BCUT2D eigenvalue weighted by Gasteiger charge is -2.16. The number of fused-ring (bicyclic) bond motifs is 1. The van der Waals surface area contributed by atoms with E-state index in [1.807, 2.05) is 48.5 Å². The molecule has 26 heavy (non-hydrogen) atoms. The molecule has 7 nitrogen and oxygen atoms in total. The largest absolute Gasteiger partial charge is 0.454 e. The van der Waals surface area contributed by atoms with Crippen molar-refractivity contribution in [3.8, 4) is 23.0 Å². The zero-order valence-electron chi connectivity index (χ0n) is 13.8. The van der Waals surface area contributed by atoms with Crippen molar-refractivity contribution in [1.29, 1.82) is 0 Å². The molecule has 0 bridgehead atoms. The van der Waals surface area contributed by atoms with Gasteiger partial charge in [-0.25, -0.2) is 0 Å². The molecule has 1 aromatic heterocycles. The van der Waals surface area contributed by atoms with Crippen LogP contribution >= 0.6 is 0 Å². The van der Waals surface area contributed by atoms with Crippen LogP contribution in [0.3, 0.4) is 0 Å². The minimum absolute atomic E-state index is 0.0277. The van der Waals surface area contributed by atoms with Crippen molar-refractivity contribution >= 4 is 11.6 Å². The average molecular weight is 349 g/mol. The van der Waals surface area contributed by atoms with Crippen LogP contribution in [0.5, 0.6) is 11.5 Å². The van der Waals surface area contributed by atoms with Crippen LogP contribution in [0.1, 0.15) is 18.2 Å².